The van der Waals surface area contributed by atoms with E-state index in [0.29, 0.717) is 41.9 Å². The molecule has 162 valence electrons. The molecule has 1 N–H and O–H groups in total. The van der Waals surface area contributed by atoms with Crippen LogP contribution in [0.3, 0.4) is 0 Å². The number of nitrogens with one attached hydrogen (secondary N) is 1. The molecule has 0 saturated carbocycles. The maximum atomic E-state index is 12.9. The van der Waals surface area contributed by atoms with E-state index in [-0.39, 0.29) is 17.2 Å². The molecule has 2 aromatic carbocycles. The molecule has 1 aromatic heterocycles. The van der Waals surface area contributed by atoms with Gasteiger partial charge >= 0.3 is 0 Å². The maximum absolute atomic E-state index is 12.9. The van der Waals surface area contributed by atoms with Gasteiger partial charge in [-0.3, -0.25) is 14.4 Å². The van der Waals surface area contributed by atoms with Crippen molar-refractivity contribution < 1.29 is 17.9 Å². The van der Waals surface area contributed by atoms with Crippen molar-refractivity contribution in [1.29, 1.82) is 0 Å². The number of nitrogens with zero attached hydrogens (tertiary/aromatic N) is 1. The summed E-state index contributed by atoms with van der Waals surface area (Å²) in [7, 11) is -3.83. The van der Waals surface area contributed by atoms with Gasteiger partial charge in [0.05, 0.1) is 35.2 Å². The molecule has 0 radical (unpaired) electrons. The van der Waals surface area contributed by atoms with E-state index >= 15 is 0 Å². The fourth-order valence-corrected chi connectivity index (χ4v) is 5.36. The SMILES string of the molecule is O=C(CN1CCOCC1)c1sccc1NS(=O)(=O)c1ccc(-c2ccc(Cl)cc2)cc1. The molecule has 0 amide bonds. The van der Waals surface area contributed by atoms with Gasteiger partial charge in [-0.25, -0.2) is 8.42 Å². The van der Waals surface area contributed by atoms with Gasteiger partial charge in [0.25, 0.3) is 10.0 Å². The number of hydrogen-bond acceptors (Lipinski definition) is 6. The summed E-state index contributed by atoms with van der Waals surface area (Å²) in [5, 5.41) is 2.36. The molecule has 31 heavy (non-hydrogen) atoms. The van der Waals surface area contributed by atoms with Crippen LogP contribution in [0.25, 0.3) is 11.1 Å². The molecule has 0 spiro atoms. The lowest BCUT2D eigenvalue weighted by atomic mass is 10.1. The number of ether oxygens (including phenoxy) is 1. The molecule has 2 heterocycles. The summed E-state index contributed by atoms with van der Waals surface area (Å²) in [4.78, 5) is 15.3. The number of carbonyl (C=O) groups is 1. The number of Topliss-reactive ketones (excluding diaryl/α,β-unsaturated/α-hetero) is 1. The van der Waals surface area contributed by atoms with Gasteiger partial charge in [-0.1, -0.05) is 35.9 Å². The molecule has 1 aliphatic rings. The molecule has 0 bridgehead atoms. The topological polar surface area (TPSA) is 75.7 Å². The van der Waals surface area contributed by atoms with Crippen LogP contribution in [-0.2, 0) is 14.8 Å². The number of morpholine rings is 1. The number of thiophene rings is 1. The highest BCUT2D eigenvalue weighted by atomic mass is 35.5. The molecule has 1 fully saturated rings. The summed E-state index contributed by atoms with van der Waals surface area (Å²) in [6.07, 6.45) is 0. The van der Waals surface area contributed by atoms with E-state index in [1.165, 1.54) is 11.3 Å². The number of rotatable bonds is 7. The Morgan fingerprint density at radius 2 is 1.61 bits per heavy atom. The van der Waals surface area contributed by atoms with E-state index < -0.39 is 10.0 Å². The Balaban J connectivity index is 1.48. The first-order chi connectivity index (χ1) is 14.9. The Morgan fingerprint density at radius 1 is 1.00 bits per heavy atom. The Bertz CT molecular complexity index is 1150. The molecule has 4 rings (SSSR count). The minimum absolute atomic E-state index is 0.104. The first-order valence-electron chi connectivity index (χ1n) is 9.72. The summed E-state index contributed by atoms with van der Waals surface area (Å²) in [5.41, 5.74) is 2.13. The largest absolute Gasteiger partial charge is 0.379 e. The van der Waals surface area contributed by atoms with Crippen LogP contribution >= 0.6 is 22.9 Å². The average Bonchev–Trinajstić information content (AvgIpc) is 3.23. The second-order valence-electron chi connectivity index (χ2n) is 7.11. The van der Waals surface area contributed by atoms with Gasteiger partial charge in [-0.2, -0.15) is 0 Å². The standard InChI is InChI=1S/C22H21ClN2O4S2/c23-18-5-1-16(2-6-18)17-3-7-19(8-4-17)31(27,28)24-20-9-14-30-22(20)21(26)15-25-10-12-29-13-11-25/h1-9,14,24H,10-13,15H2. The normalized spacial score (nSPS) is 15.0. The highest BCUT2D eigenvalue weighted by Gasteiger charge is 2.22. The van der Waals surface area contributed by atoms with E-state index in [1.807, 2.05) is 17.0 Å². The number of sulfonamides is 1. The highest BCUT2D eigenvalue weighted by Crippen LogP contribution is 2.28. The van der Waals surface area contributed by atoms with E-state index in [2.05, 4.69) is 4.72 Å². The van der Waals surface area contributed by atoms with Gasteiger partial charge < -0.3 is 4.74 Å². The second kappa shape index (κ2) is 9.50. The first kappa shape index (κ1) is 22.0. The number of hydrogen-bond donors (Lipinski definition) is 1. The first-order valence-corrected chi connectivity index (χ1v) is 12.5. The number of benzene rings is 2. The molecule has 1 saturated heterocycles. The Morgan fingerprint density at radius 3 is 2.26 bits per heavy atom. The summed E-state index contributed by atoms with van der Waals surface area (Å²) in [6, 6.07) is 15.5. The van der Waals surface area contributed by atoms with Crippen LogP contribution in [0.15, 0.2) is 64.9 Å². The lowest BCUT2D eigenvalue weighted by Gasteiger charge is -2.25. The molecule has 0 aliphatic carbocycles. The van der Waals surface area contributed by atoms with E-state index in [9.17, 15) is 13.2 Å². The predicted octanol–water partition coefficient (Wildman–Crippen LogP) is 4.38. The molecular weight excluding hydrogens is 456 g/mol. The quantitative estimate of drug-likeness (QED) is 0.512. The van der Waals surface area contributed by atoms with Gasteiger partial charge in [0.15, 0.2) is 5.78 Å². The van der Waals surface area contributed by atoms with Gasteiger partial charge in [-0.05, 0) is 46.8 Å². The van der Waals surface area contributed by atoms with Gasteiger partial charge in [0.2, 0.25) is 0 Å². The minimum Gasteiger partial charge on any atom is -0.379 e. The van der Waals surface area contributed by atoms with Crippen molar-refractivity contribution >= 4 is 44.4 Å². The molecule has 0 unspecified atom stereocenters. The minimum atomic E-state index is -3.83. The van der Waals surface area contributed by atoms with Crippen molar-refractivity contribution in [2.45, 2.75) is 4.90 Å². The highest BCUT2D eigenvalue weighted by molar-refractivity contribution is 7.92. The number of anilines is 1. The van der Waals surface area contributed by atoms with Crippen molar-refractivity contribution in [2.75, 3.05) is 37.6 Å². The summed E-state index contributed by atoms with van der Waals surface area (Å²) >= 11 is 7.16. The molecule has 3 aromatic rings. The van der Waals surface area contributed by atoms with Crippen LogP contribution in [0.5, 0.6) is 0 Å². The lowest BCUT2D eigenvalue weighted by Crippen LogP contribution is -2.39. The van der Waals surface area contributed by atoms with Crippen LogP contribution < -0.4 is 4.72 Å². The van der Waals surface area contributed by atoms with Crippen molar-refractivity contribution in [3.05, 3.63) is 69.9 Å². The van der Waals surface area contributed by atoms with Gasteiger partial charge in [0.1, 0.15) is 0 Å². The zero-order valence-electron chi connectivity index (χ0n) is 16.6. The van der Waals surface area contributed by atoms with Crippen LogP contribution in [0.4, 0.5) is 5.69 Å². The Hall–Kier alpha value is -2.23. The van der Waals surface area contributed by atoms with Crippen molar-refractivity contribution in [1.82, 2.24) is 4.90 Å². The summed E-state index contributed by atoms with van der Waals surface area (Å²) < 4.78 is 33.7. The molecule has 1 aliphatic heterocycles. The van der Waals surface area contributed by atoms with E-state index in [1.54, 1.807) is 47.8 Å². The van der Waals surface area contributed by atoms with Gasteiger partial charge in [0, 0.05) is 18.1 Å². The van der Waals surface area contributed by atoms with Crippen molar-refractivity contribution in [2.24, 2.45) is 0 Å². The maximum Gasteiger partial charge on any atom is 0.261 e. The monoisotopic (exact) mass is 476 g/mol. The summed E-state index contributed by atoms with van der Waals surface area (Å²) in [6.45, 7) is 2.83. The Kier molecular flexibility index (Phi) is 6.74. The van der Waals surface area contributed by atoms with Crippen molar-refractivity contribution in [3.63, 3.8) is 0 Å². The smallest absolute Gasteiger partial charge is 0.261 e. The number of carbonyl (C=O) groups excluding carboxylic acids is 1. The average molecular weight is 477 g/mol. The van der Waals surface area contributed by atoms with Crippen molar-refractivity contribution in [3.8, 4) is 11.1 Å². The lowest BCUT2D eigenvalue weighted by molar-refractivity contribution is 0.0372. The zero-order valence-corrected chi connectivity index (χ0v) is 19.0. The predicted molar refractivity (Wildman–Crippen MR) is 124 cm³/mol. The van der Waals surface area contributed by atoms with Crippen LogP contribution in [0, 0.1) is 0 Å². The third-order valence-electron chi connectivity index (χ3n) is 4.98. The number of halogens is 1. The molecule has 0 atom stereocenters. The second-order valence-corrected chi connectivity index (χ2v) is 10.1. The third-order valence-corrected chi connectivity index (χ3v) is 7.56. The van der Waals surface area contributed by atoms with Gasteiger partial charge in [-0.15, -0.1) is 11.3 Å². The number of ketones is 1. The summed E-state index contributed by atoms with van der Waals surface area (Å²) in [5.74, 6) is -0.104. The van der Waals surface area contributed by atoms with E-state index in [0.717, 1.165) is 11.1 Å². The molecule has 6 nitrogen and oxygen atoms in total. The van der Waals surface area contributed by atoms with Crippen LogP contribution in [0.2, 0.25) is 5.02 Å². The Labute approximate surface area is 190 Å². The fourth-order valence-electron chi connectivity index (χ4n) is 3.31. The zero-order chi connectivity index (χ0) is 21.8. The molecule has 9 heteroatoms. The third kappa shape index (κ3) is 5.34. The van der Waals surface area contributed by atoms with E-state index in [4.69, 9.17) is 16.3 Å². The van der Waals surface area contributed by atoms with Crippen LogP contribution in [0.1, 0.15) is 9.67 Å². The fraction of sp³-hybridized carbons (Fsp3) is 0.227. The molecular formula is C22H21ClN2O4S2. The van der Waals surface area contributed by atoms with Crippen LogP contribution in [-0.4, -0.2) is 51.9 Å².